The lowest BCUT2D eigenvalue weighted by Gasteiger charge is -2.06. The second kappa shape index (κ2) is 4.17. The molecule has 0 radical (unpaired) electrons. The quantitative estimate of drug-likeness (QED) is 0.290. The number of carbonyl (C=O) groups is 2. The van der Waals surface area contributed by atoms with E-state index in [1.165, 1.54) is 14.2 Å². The monoisotopic (exact) mass is 132 g/mol. The fourth-order valence-corrected chi connectivity index (χ4v) is 0.384. The molecule has 4 nitrogen and oxygen atoms in total. The van der Waals surface area contributed by atoms with E-state index >= 15 is 0 Å². The number of ketones is 1. The Kier molecular flexibility index (Phi) is 3.83. The van der Waals surface area contributed by atoms with E-state index in [1.807, 2.05) is 0 Å². The van der Waals surface area contributed by atoms with Gasteiger partial charge in [-0.3, -0.25) is 9.59 Å². The van der Waals surface area contributed by atoms with Crippen LogP contribution in [0, 0.1) is 0 Å². The number of hydrogen-bond donors (Lipinski definition) is 0. The molecule has 0 unspecified atom stereocenters. The molecule has 52 valence electrons. The molecule has 4 heteroatoms. The maximum atomic E-state index is 10.4. The molecule has 0 aromatic rings. The predicted molar refractivity (Wildman–Crippen MR) is 28.9 cm³/mol. The molecule has 9 heavy (non-hydrogen) atoms. The minimum atomic E-state index is -1.04. The van der Waals surface area contributed by atoms with Crippen LogP contribution in [0.5, 0.6) is 0 Å². The predicted octanol–water partition coefficient (Wildman–Crippen LogP) is -0.627. The van der Waals surface area contributed by atoms with E-state index in [4.69, 9.17) is 0 Å². The molecular formula is C5H8O4. The average Bonchev–Trinajstić information content (AvgIpc) is 1.90. The van der Waals surface area contributed by atoms with Crippen LogP contribution in [0.2, 0.25) is 0 Å². The summed E-state index contributed by atoms with van der Waals surface area (Å²) in [4.78, 5) is 20.1. The van der Waals surface area contributed by atoms with Crippen LogP contribution in [0.15, 0.2) is 0 Å². The summed E-state index contributed by atoms with van der Waals surface area (Å²) in [6.07, 6.45) is -0.875. The fraction of sp³-hybridized carbons (Fsp3) is 0.600. The first kappa shape index (κ1) is 8.26. The van der Waals surface area contributed by atoms with Crippen LogP contribution >= 0.6 is 0 Å². The molecule has 0 aromatic heterocycles. The Labute approximate surface area is 52.7 Å². The van der Waals surface area contributed by atoms with Crippen molar-refractivity contribution < 1.29 is 19.1 Å². The lowest BCUT2D eigenvalue weighted by atomic mass is 10.4. The summed E-state index contributed by atoms with van der Waals surface area (Å²) in [6, 6.07) is 0. The Bertz CT molecular complexity index is 106. The van der Waals surface area contributed by atoms with Gasteiger partial charge >= 0.3 is 0 Å². The number of rotatable bonds is 4. The Morgan fingerprint density at radius 2 is 1.89 bits per heavy atom. The van der Waals surface area contributed by atoms with Crippen LogP contribution < -0.4 is 0 Å². The topological polar surface area (TPSA) is 52.6 Å². The SMILES string of the molecule is COC(OC)C(=O)C=O. The van der Waals surface area contributed by atoms with Gasteiger partial charge < -0.3 is 9.47 Å². The molecule has 0 amide bonds. The van der Waals surface area contributed by atoms with Gasteiger partial charge in [-0.05, 0) is 0 Å². The molecule has 0 N–H and O–H groups in total. The van der Waals surface area contributed by atoms with Crippen molar-refractivity contribution in [3.05, 3.63) is 0 Å². The van der Waals surface area contributed by atoms with Crippen LogP contribution in [0.1, 0.15) is 0 Å². The van der Waals surface area contributed by atoms with Crippen LogP contribution in [0.25, 0.3) is 0 Å². The van der Waals surface area contributed by atoms with Crippen LogP contribution in [-0.4, -0.2) is 32.6 Å². The first-order valence-corrected chi connectivity index (χ1v) is 2.31. The lowest BCUT2D eigenvalue weighted by Crippen LogP contribution is -2.25. The molecule has 0 saturated carbocycles. The lowest BCUT2D eigenvalue weighted by molar-refractivity contribution is -0.158. The zero-order valence-corrected chi connectivity index (χ0v) is 5.29. The zero-order valence-electron chi connectivity index (χ0n) is 5.29. The van der Waals surface area contributed by atoms with Gasteiger partial charge in [0.25, 0.3) is 5.78 Å². The molecule has 0 aliphatic heterocycles. The molecule has 0 saturated heterocycles. The molecule has 0 atom stereocenters. The van der Waals surface area contributed by atoms with Gasteiger partial charge in [0, 0.05) is 14.2 Å². The number of carbonyl (C=O) groups excluding carboxylic acids is 2. The van der Waals surface area contributed by atoms with Crippen molar-refractivity contribution in [2.75, 3.05) is 14.2 Å². The van der Waals surface area contributed by atoms with Crippen LogP contribution in [0.3, 0.4) is 0 Å². The molecule has 0 aliphatic rings. The minimum Gasteiger partial charge on any atom is -0.349 e. The maximum absolute atomic E-state index is 10.4. The summed E-state index contributed by atoms with van der Waals surface area (Å²) < 4.78 is 8.90. The Morgan fingerprint density at radius 3 is 2.00 bits per heavy atom. The molecule has 0 rings (SSSR count). The van der Waals surface area contributed by atoms with Crippen molar-refractivity contribution in [2.45, 2.75) is 6.29 Å². The van der Waals surface area contributed by atoms with Gasteiger partial charge in [0.1, 0.15) is 0 Å². The van der Waals surface area contributed by atoms with E-state index in [0.717, 1.165) is 0 Å². The minimum absolute atomic E-state index is 0.164. The maximum Gasteiger partial charge on any atom is 0.250 e. The third-order valence-corrected chi connectivity index (χ3v) is 0.777. The number of ether oxygens (including phenoxy) is 2. The second-order valence-electron chi connectivity index (χ2n) is 1.32. The fourth-order valence-electron chi connectivity index (χ4n) is 0.384. The van der Waals surface area contributed by atoms with Gasteiger partial charge in [0.15, 0.2) is 6.29 Å². The average molecular weight is 132 g/mol. The molecule has 0 spiro atoms. The summed E-state index contributed by atoms with van der Waals surface area (Å²) in [7, 11) is 2.57. The van der Waals surface area contributed by atoms with E-state index in [1.54, 1.807) is 0 Å². The van der Waals surface area contributed by atoms with Gasteiger partial charge in [0.2, 0.25) is 6.29 Å². The van der Waals surface area contributed by atoms with E-state index in [-0.39, 0.29) is 6.29 Å². The van der Waals surface area contributed by atoms with Gasteiger partial charge in [-0.2, -0.15) is 0 Å². The number of Topliss-reactive ketones (excluding diaryl/α,β-unsaturated/α-hetero) is 1. The third-order valence-electron chi connectivity index (χ3n) is 0.777. The zero-order chi connectivity index (χ0) is 7.28. The Hall–Kier alpha value is -0.740. The van der Waals surface area contributed by atoms with E-state index in [0.29, 0.717) is 0 Å². The Morgan fingerprint density at radius 1 is 1.44 bits per heavy atom. The van der Waals surface area contributed by atoms with Crippen molar-refractivity contribution in [3.63, 3.8) is 0 Å². The van der Waals surface area contributed by atoms with Gasteiger partial charge in [-0.1, -0.05) is 0 Å². The van der Waals surface area contributed by atoms with E-state index < -0.39 is 12.1 Å². The van der Waals surface area contributed by atoms with E-state index in [2.05, 4.69) is 9.47 Å². The first-order valence-electron chi connectivity index (χ1n) is 2.31. The summed E-state index contributed by atoms with van der Waals surface area (Å²) >= 11 is 0. The highest BCUT2D eigenvalue weighted by atomic mass is 16.7. The first-order chi connectivity index (χ1) is 4.26. The smallest absolute Gasteiger partial charge is 0.250 e. The summed E-state index contributed by atoms with van der Waals surface area (Å²) in [6.45, 7) is 0. The third kappa shape index (κ3) is 2.34. The van der Waals surface area contributed by atoms with Gasteiger partial charge in [-0.15, -0.1) is 0 Å². The van der Waals surface area contributed by atoms with Crippen LogP contribution in [-0.2, 0) is 19.1 Å². The molecular weight excluding hydrogens is 124 g/mol. The number of aldehydes is 1. The number of methoxy groups -OCH3 is 2. The van der Waals surface area contributed by atoms with Crippen molar-refractivity contribution in [3.8, 4) is 0 Å². The van der Waals surface area contributed by atoms with Crippen molar-refractivity contribution in [1.29, 1.82) is 0 Å². The van der Waals surface area contributed by atoms with Crippen molar-refractivity contribution >= 4 is 12.1 Å². The standard InChI is InChI=1S/C5H8O4/c1-8-5(9-2)4(7)3-6/h3,5H,1-2H3. The Balaban J connectivity index is 3.78. The summed E-state index contributed by atoms with van der Waals surface area (Å²) in [5.41, 5.74) is 0. The van der Waals surface area contributed by atoms with Crippen LogP contribution in [0.4, 0.5) is 0 Å². The van der Waals surface area contributed by atoms with E-state index in [9.17, 15) is 9.59 Å². The summed E-state index contributed by atoms with van der Waals surface area (Å²) in [5.74, 6) is -0.708. The molecule has 0 aromatic carbocycles. The highest BCUT2D eigenvalue weighted by molar-refractivity contribution is 6.26. The highest BCUT2D eigenvalue weighted by Gasteiger charge is 2.14. The largest absolute Gasteiger partial charge is 0.349 e. The highest BCUT2D eigenvalue weighted by Crippen LogP contribution is 1.88. The number of hydrogen-bond acceptors (Lipinski definition) is 4. The molecule has 0 heterocycles. The molecule has 0 aliphatic carbocycles. The van der Waals surface area contributed by atoms with Gasteiger partial charge in [-0.25, -0.2) is 0 Å². The molecule has 0 fully saturated rings. The molecule has 0 bridgehead atoms. The second-order valence-corrected chi connectivity index (χ2v) is 1.32. The van der Waals surface area contributed by atoms with Gasteiger partial charge in [0.05, 0.1) is 0 Å². The summed E-state index contributed by atoms with van der Waals surface area (Å²) in [5, 5.41) is 0. The van der Waals surface area contributed by atoms with Crippen molar-refractivity contribution in [1.82, 2.24) is 0 Å². The van der Waals surface area contributed by atoms with Crippen molar-refractivity contribution in [2.24, 2.45) is 0 Å². The normalized spacial score (nSPS) is 9.67.